The predicted octanol–water partition coefficient (Wildman–Crippen LogP) is 5.47. The highest BCUT2D eigenvalue weighted by atomic mass is 16.5. The summed E-state index contributed by atoms with van der Waals surface area (Å²) < 4.78 is 12.1. The number of carboxylic acid groups (broad SMARTS) is 1. The Morgan fingerprint density at radius 2 is 1.53 bits per heavy atom. The van der Waals surface area contributed by atoms with Crippen LogP contribution in [0.5, 0.6) is 11.5 Å². The van der Waals surface area contributed by atoms with Crippen LogP contribution in [0, 0.1) is 6.92 Å². The van der Waals surface area contributed by atoms with Crippen molar-refractivity contribution in [3.8, 4) is 11.5 Å². The van der Waals surface area contributed by atoms with Gasteiger partial charge in [-0.3, -0.25) is 14.4 Å². The summed E-state index contributed by atoms with van der Waals surface area (Å²) in [4.78, 5) is 40.2. The third kappa shape index (κ3) is 4.97. The molecule has 0 fully saturated rings. The number of carbonyl (C=O) groups excluding carboxylic acids is 2. The minimum atomic E-state index is -0.980. The van der Waals surface area contributed by atoms with E-state index in [0.29, 0.717) is 74.4 Å². The lowest BCUT2D eigenvalue weighted by molar-refractivity contribution is -0.138. The number of aliphatic carboxylic acids is 1. The first-order chi connectivity index (χ1) is 18.4. The summed E-state index contributed by atoms with van der Waals surface area (Å²) in [7, 11) is 0. The second kappa shape index (κ2) is 10.9. The first kappa shape index (κ1) is 25.8. The van der Waals surface area contributed by atoms with Gasteiger partial charge in [-0.2, -0.15) is 0 Å². The van der Waals surface area contributed by atoms with Crippen LogP contribution in [0.1, 0.15) is 68.1 Å². The summed E-state index contributed by atoms with van der Waals surface area (Å²) in [6.45, 7) is 4.51. The van der Waals surface area contributed by atoms with Gasteiger partial charge < -0.3 is 19.5 Å². The van der Waals surface area contributed by atoms with E-state index in [9.17, 15) is 19.5 Å². The molecule has 198 valence electrons. The van der Waals surface area contributed by atoms with Gasteiger partial charge >= 0.3 is 5.97 Å². The van der Waals surface area contributed by atoms with Crippen molar-refractivity contribution in [3.63, 3.8) is 0 Å². The third-order valence-corrected chi connectivity index (χ3v) is 7.50. The minimum Gasteiger partial charge on any atom is -0.490 e. The molecule has 2 aromatic rings. The highest BCUT2D eigenvalue weighted by Gasteiger charge is 2.43. The second-order valence-corrected chi connectivity index (χ2v) is 10.1. The van der Waals surface area contributed by atoms with Crippen LogP contribution in [0.4, 0.5) is 0 Å². The van der Waals surface area contributed by atoms with E-state index in [1.165, 1.54) is 5.56 Å². The van der Waals surface area contributed by atoms with Gasteiger partial charge in [0.25, 0.3) is 0 Å². The highest BCUT2D eigenvalue weighted by Crippen LogP contribution is 2.50. The van der Waals surface area contributed by atoms with Crippen LogP contribution in [0.15, 0.2) is 65.0 Å². The quantitative estimate of drug-likeness (QED) is 0.498. The standard InChI is InChI=1S/C31H33NO6/c1-3-37-27-16-21(14-15-26(27)38-18-20-12-10-19(2)11-13-20)29-30-22(6-4-8-24(30)33)32(17-28(35)36)23-7-5-9-25(34)31(23)29/h10-16,29H,3-9,17-18H2,1-2H3,(H,35,36). The molecule has 1 aliphatic heterocycles. The first-order valence-electron chi connectivity index (χ1n) is 13.3. The van der Waals surface area contributed by atoms with Crippen molar-refractivity contribution in [1.29, 1.82) is 0 Å². The smallest absolute Gasteiger partial charge is 0.323 e. The first-order valence-corrected chi connectivity index (χ1v) is 13.3. The number of nitrogens with zero attached hydrogens (tertiary/aromatic N) is 1. The SMILES string of the molecule is CCOc1cc(C2C3=C(CCCC3=O)N(CC(=O)O)C3=C2C(=O)CCC3)ccc1OCc1ccc(C)cc1. The van der Waals surface area contributed by atoms with Gasteiger partial charge in [0, 0.05) is 41.3 Å². The molecule has 0 aromatic heterocycles. The largest absolute Gasteiger partial charge is 0.490 e. The molecule has 0 bridgehead atoms. The van der Waals surface area contributed by atoms with Crippen molar-refractivity contribution in [2.24, 2.45) is 0 Å². The molecule has 0 spiro atoms. The lowest BCUT2D eigenvalue weighted by Crippen LogP contribution is -2.41. The number of benzene rings is 2. The number of ketones is 2. The number of carboxylic acids is 1. The zero-order valence-electron chi connectivity index (χ0n) is 21.9. The van der Waals surface area contributed by atoms with E-state index < -0.39 is 11.9 Å². The van der Waals surface area contributed by atoms with Gasteiger partial charge in [0.05, 0.1) is 6.61 Å². The zero-order valence-corrected chi connectivity index (χ0v) is 21.9. The zero-order chi connectivity index (χ0) is 26.8. The predicted molar refractivity (Wildman–Crippen MR) is 142 cm³/mol. The Balaban J connectivity index is 1.57. The molecule has 0 radical (unpaired) electrons. The van der Waals surface area contributed by atoms with Gasteiger partial charge in [-0.1, -0.05) is 35.9 Å². The van der Waals surface area contributed by atoms with Crippen molar-refractivity contribution in [1.82, 2.24) is 4.90 Å². The molecule has 0 saturated carbocycles. The number of allylic oxidation sites excluding steroid dienone is 4. The molecule has 38 heavy (non-hydrogen) atoms. The average molecular weight is 516 g/mol. The molecular formula is C31H33NO6. The highest BCUT2D eigenvalue weighted by molar-refractivity contribution is 6.06. The van der Waals surface area contributed by atoms with Crippen molar-refractivity contribution in [2.75, 3.05) is 13.2 Å². The van der Waals surface area contributed by atoms with Crippen LogP contribution in [0.2, 0.25) is 0 Å². The summed E-state index contributed by atoms with van der Waals surface area (Å²) in [5, 5.41) is 9.65. The Morgan fingerprint density at radius 1 is 0.895 bits per heavy atom. The maximum atomic E-state index is 13.4. The average Bonchev–Trinajstić information content (AvgIpc) is 2.89. The van der Waals surface area contributed by atoms with E-state index in [1.807, 2.05) is 56.3 Å². The second-order valence-electron chi connectivity index (χ2n) is 10.1. The minimum absolute atomic E-state index is 0.0192. The molecule has 1 N–H and O–H groups in total. The summed E-state index contributed by atoms with van der Waals surface area (Å²) >= 11 is 0. The fourth-order valence-corrected chi connectivity index (χ4v) is 5.81. The van der Waals surface area contributed by atoms with E-state index in [0.717, 1.165) is 22.5 Å². The molecule has 7 nitrogen and oxygen atoms in total. The van der Waals surface area contributed by atoms with Gasteiger partial charge in [-0.05, 0) is 62.8 Å². The number of hydrogen-bond donors (Lipinski definition) is 1. The maximum absolute atomic E-state index is 13.4. The molecule has 7 heteroatoms. The van der Waals surface area contributed by atoms with E-state index >= 15 is 0 Å². The van der Waals surface area contributed by atoms with Crippen LogP contribution < -0.4 is 9.47 Å². The topological polar surface area (TPSA) is 93.1 Å². The van der Waals surface area contributed by atoms with E-state index in [2.05, 4.69) is 0 Å². The van der Waals surface area contributed by atoms with Crippen molar-refractivity contribution in [2.45, 2.75) is 64.9 Å². The fraction of sp³-hybridized carbons (Fsp3) is 0.387. The number of Topliss-reactive ketones (excluding diaryl/α,β-unsaturated/α-hetero) is 2. The van der Waals surface area contributed by atoms with Crippen molar-refractivity contribution < 1.29 is 29.0 Å². The van der Waals surface area contributed by atoms with Gasteiger partial charge in [0.15, 0.2) is 23.1 Å². The Bertz CT molecular complexity index is 1290. The molecule has 0 amide bonds. The Morgan fingerprint density at radius 3 is 2.11 bits per heavy atom. The lowest BCUT2D eigenvalue weighted by atomic mass is 9.71. The lowest BCUT2D eigenvalue weighted by Gasteiger charge is -2.43. The third-order valence-electron chi connectivity index (χ3n) is 7.50. The van der Waals surface area contributed by atoms with Crippen LogP contribution in [-0.2, 0) is 21.0 Å². The monoisotopic (exact) mass is 515 g/mol. The number of rotatable bonds is 8. The molecule has 5 rings (SSSR count). The number of carbonyl (C=O) groups is 3. The Labute approximate surface area is 222 Å². The molecular weight excluding hydrogens is 482 g/mol. The normalized spacial score (nSPS) is 17.9. The van der Waals surface area contributed by atoms with Crippen LogP contribution in [0.3, 0.4) is 0 Å². The summed E-state index contributed by atoms with van der Waals surface area (Å²) in [5.41, 5.74) is 5.62. The molecule has 1 heterocycles. The summed E-state index contributed by atoms with van der Waals surface area (Å²) in [5.74, 6) is -0.403. The summed E-state index contributed by atoms with van der Waals surface area (Å²) in [6, 6.07) is 13.8. The molecule has 0 saturated heterocycles. The van der Waals surface area contributed by atoms with Gasteiger partial charge in [-0.15, -0.1) is 0 Å². The van der Waals surface area contributed by atoms with Crippen LogP contribution in [0.25, 0.3) is 0 Å². The maximum Gasteiger partial charge on any atom is 0.323 e. The molecule has 0 unspecified atom stereocenters. The molecule has 0 atom stereocenters. The molecule has 3 aliphatic rings. The molecule has 2 aromatic carbocycles. The molecule has 2 aliphatic carbocycles. The fourth-order valence-electron chi connectivity index (χ4n) is 5.81. The van der Waals surface area contributed by atoms with E-state index in [4.69, 9.17) is 9.47 Å². The van der Waals surface area contributed by atoms with Crippen molar-refractivity contribution in [3.05, 3.63) is 81.7 Å². The van der Waals surface area contributed by atoms with Gasteiger partial charge in [-0.25, -0.2) is 0 Å². The van der Waals surface area contributed by atoms with Crippen molar-refractivity contribution >= 4 is 17.5 Å². The number of hydrogen-bond acceptors (Lipinski definition) is 6. The Kier molecular flexibility index (Phi) is 7.36. The van der Waals surface area contributed by atoms with Crippen LogP contribution >= 0.6 is 0 Å². The summed E-state index contributed by atoms with van der Waals surface area (Å²) in [6.07, 6.45) is 3.37. The number of ether oxygens (including phenoxy) is 2. The van der Waals surface area contributed by atoms with Gasteiger partial charge in [0.2, 0.25) is 0 Å². The van der Waals surface area contributed by atoms with Crippen LogP contribution in [-0.4, -0.2) is 40.7 Å². The van der Waals surface area contributed by atoms with E-state index in [-0.39, 0.29) is 18.1 Å². The Hall–Kier alpha value is -3.87. The van der Waals surface area contributed by atoms with E-state index in [1.54, 1.807) is 4.90 Å². The number of aryl methyl sites for hydroxylation is 1. The van der Waals surface area contributed by atoms with Gasteiger partial charge in [0.1, 0.15) is 13.2 Å².